The van der Waals surface area contributed by atoms with Gasteiger partial charge in [0.2, 0.25) is 5.91 Å². The van der Waals surface area contributed by atoms with Gasteiger partial charge in [-0.25, -0.2) is 8.78 Å². The third-order valence-electron chi connectivity index (χ3n) is 3.31. The molecule has 4 nitrogen and oxygen atoms in total. The number of hydrogen-bond acceptors (Lipinski definition) is 3. The van der Waals surface area contributed by atoms with Crippen molar-refractivity contribution in [3.8, 4) is 0 Å². The van der Waals surface area contributed by atoms with Crippen molar-refractivity contribution < 1.29 is 18.4 Å². The van der Waals surface area contributed by atoms with Crippen molar-refractivity contribution in [1.29, 1.82) is 0 Å². The molecule has 0 radical (unpaired) electrons. The molecular formula is C16H12F2N2O2S. The molecule has 2 amide bonds. The number of carbonyl (C=O) groups excluding carboxylic acids is 2. The Labute approximate surface area is 135 Å². The Morgan fingerprint density at radius 2 is 2.00 bits per heavy atom. The van der Waals surface area contributed by atoms with E-state index in [2.05, 4.69) is 10.6 Å². The molecule has 0 fully saturated rings. The van der Waals surface area contributed by atoms with E-state index in [4.69, 9.17) is 0 Å². The number of fused-ring (bicyclic) bond motifs is 1. The van der Waals surface area contributed by atoms with Crippen LogP contribution < -0.4 is 10.6 Å². The average molecular weight is 334 g/mol. The van der Waals surface area contributed by atoms with Gasteiger partial charge in [-0.2, -0.15) is 0 Å². The van der Waals surface area contributed by atoms with Gasteiger partial charge in [0.05, 0.1) is 11.4 Å². The fourth-order valence-electron chi connectivity index (χ4n) is 2.16. The first-order chi connectivity index (χ1) is 11.0. The molecule has 0 spiro atoms. The van der Waals surface area contributed by atoms with Gasteiger partial charge >= 0.3 is 0 Å². The normalized spacial score (nSPS) is 13.2. The van der Waals surface area contributed by atoms with E-state index in [-0.39, 0.29) is 18.0 Å². The van der Waals surface area contributed by atoms with Crippen LogP contribution in [0.1, 0.15) is 15.9 Å². The first kappa shape index (κ1) is 15.5. The van der Waals surface area contributed by atoms with Gasteiger partial charge in [-0.15, -0.1) is 11.8 Å². The van der Waals surface area contributed by atoms with Crippen LogP contribution in [0, 0.1) is 11.6 Å². The standard InChI is InChI=1S/C16H12F2N2O2S/c17-11-3-2-10(6-12(11)18)16(22)19-7-9-1-4-14-13(5-9)20-15(21)8-23-14/h1-6H,7-8H2,(H,19,22)(H,20,21). The van der Waals surface area contributed by atoms with Crippen LogP contribution in [-0.2, 0) is 11.3 Å². The molecule has 23 heavy (non-hydrogen) atoms. The topological polar surface area (TPSA) is 58.2 Å². The smallest absolute Gasteiger partial charge is 0.251 e. The number of carbonyl (C=O) groups is 2. The minimum atomic E-state index is -1.06. The summed E-state index contributed by atoms with van der Waals surface area (Å²) in [5, 5.41) is 5.40. The SMILES string of the molecule is O=C1CSc2ccc(CNC(=O)c3ccc(F)c(F)c3)cc2N1. The van der Waals surface area contributed by atoms with E-state index in [1.54, 1.807) is 6.07 Å². The minimum absolute atomic E-state index is 0.0470. The lowest BCUT2D eigenvalue weighted by atomic mass is 10.1. The number of anilines is 1. The molecule has 0 atom stereocenters. The van der Waals surface area contributed by atoms with Crippen LogP contribution in [0.3, 0.4) is 0 Å². The molecule has 118 valence electrons. The number of benzene rings is 2. The zero-order valence-corrected chi connectivity index (χ0v) is 12.7. The summed E-state index contributed by atoms with van der Waals surface area (Å²) in [6.45, 7) is 0.214. The lowest BCUT2D eigenvalue weighted by molar-refractivity contribution is -0.113. The second kappa shape index (κ2) is 6.37. The third kappa shape index (κ3) is 3.50. The number of nitrogens with one attached hydrogen (secondary N) is 2. The van der Waals surface area contributed by atoms with E-state index < -0.39 is 17.5 Å². The molecule has 0 unspecified atom stereocenters. The minimum Gasteiger partial charge on any atom is -0.348 e. The molecule has 0 aromatic heterocycles. The fourth-order valence-corrected chi connectivity index (χ4v) is 2.95. The number of thioether (sulfide) groups is 1. The Morgan fingerprint density at radius 3 is 2.78 bits per heavy atom. The molecule has 2 N–H and O–H groups in total. The zero-order valence-electron chi connectivity index (χ0n) is 11.9. The van der Waals surface area contributed by atoms with Gasteiger partial charge in [-0.1, -0.05) is 6.07 Å². The van der Waals surface area contributed by atoms with Gasteiger partial charge in [-0.05, 0) is 35.9 Å². The molecule has 0 saturated carbocycles. The van der Waals surface area contributed by atoms with Crippen molar-refractivity contribution in [3.63, 3.8) is 0 Å². The summed E-state index contributed by atoms with van der Waals surface area (Å²) in [6, 6.07) is 8.49. The molecule has 7 heteroatoms. The summed E-state index contributed by atoms with van der Waals surface area (Å²) in [4.78, 5) is 24.3. The van der Waals surface area contributed by atoms with Crippen LogP contribution in [0.25, 0.3) is 0 Å². The summed E-state index contributed by atoms with van der Waals surface area (Å²) in [5.41, 5.74) is 1.55. The van der Waals surface area contributed by atoms with Gasteiger partial charge in [0, 0.05) is 17.0 Å². The Bertz CT molecular complexity index is 796. The van der Waals surface area contributed by atoms with E-state index >= 15 is 0 Å². The molecule has 3 rings (SSSR count). The van der Waals surface area contributed by atoms with E-state index in [0.717, 1.165) is 22.6 Å². The van der Waals surface area contributed by atoms with Crippen LogP contribution >= 0.6 is 11.8 Å². The third-order valence-corrected chi connectivity index (χ3v) is 4.39. The highest BCUT2D eigenvalue weighted by Crippen LogP contribution is 2.31. The van der Waals surface area contributed by atoms with Crippen molar-refractivity contribution in [2.24, 2.45) is 0 Å². The summed E-state index contributed by atoms with van der Waals surface area (Å²) < 4.78 is 26.0. The predicted octanol–water partition coefficient (Wildman–Crippen LogP) is 2.94. The monoisotopic (exact) mass is 334 g/mol. The number of rotatable bonds is 3. The van der Waals surface area contributed by atoms with Gasteiger partial charge in [0.25, 0.3) is 5.91 Å². The van der Waals surface area contributed by atoms with Crippen molar-refractivity contribution in [2.75, 3.05) is 11.1 Å². The van der Waals surface area contributed by atoms with Gasteiger partial charge in [0.1, 0.15) is 0 Å². The van der Waals surface area contributed by atoms with Crippen LogP contribution in [0.2, 0.25) is 0 Å². The highest BCUT2D eigenvalue weighted by Gasteiger charge is 2.16. The van der Waals surface area contributed by atoms with Gasteiger partial charge < -0.3 is 10.6 Å². The van der Waals surface area contributed by atoms with E-state index in [1.165, 1.54) is 17.8 Å². The molecule has 0 bridgehead atoms. The highest BCUT2D eigenvalue weighted by atomic mass is 32.2. The van der Waals surface area contributed by atoms with Crippen molar-refractivity contribution in [2.45, 2.75) is 11.4 Å². The van der Waals surface area contributed by atoms with Crippen molar-refractivity contribution >= 4 is 29.3 Å². The Hall–Kier alpha value is -2.41. The summed E-state index contributed by atoms with van der Waals surface area (Å²) >= 11 is 1.45. The highest BCUT2D eigenvalue weighted by molar-refractivity contribution is 8.00. The number of hydrogen-bond donors (Lipinski definition) is 2. The maximum absolute atomic E-state index is 13.1. The quantitative estimate of drug-likeness (QED) is 0.907. The van der Waals surface area contributed by atoms with Gasteiger partial charge in [0.15, 0.2) is 11.6 Å². The Morgan fingerprint density at radius 1 is 1.17 bits per heavy atom. The summed E-state index contributed by atoms with van der Waals surface area (Å²) in [6.07, 6.45) is 0. The molecule has 0 saturated heterocycles. The summed E-state index contributed by atoms with van der Waals surface area (Å²) in [7, 11) is 0. The largest absolute Gasteiger partial charge is 0.348 e. The lowest BCUT2D eigenvalue weighted by Gasteiger charge is -2.17. The summed E-state index contributed by atoms with van der Waals surface area (Å²) in [5.74, 6) is -2.24. The number of halogens is 2. The van der Waals surface area contributed by atoms with Crippen molar-refractivity contribution in [3.05, 3.63) is 59.2 Å². The lowest BCUT2D eigenvalue weighted by Crippen LogP contribution is -2.23. The molecule has 1 heterocycles. The first-order valence-corrected chi connectivity index (χ1v) is 7.80. The number of amides is 2. The molecule has 2 aromatic carbocycles. The molecule has 0 aliphatic carbocycles. The van der Waals surface area contributed by atoms with Gasteiger partial charge in [-0.3, -0.25) is 9.59 Å². The van der Waals surface area contributed by atoms with Crippen LogP contribution in [-0.4, -0.2) is 17.6 Å². The van der Waals surface area contributed by atoms with Crippen molar-refractivity contribution in [1.82, 2.24) is 5.32 Å². The average Bonchev–Trinajstić information content (AvgIpc) is 2.54. The van der Waals surface area contributed by atoms with E-state index in [1.807, 2.05) is 12.1 Å². The van der Waals surface area contributed by atoms with Crippen LogP contribution in [0.5, 0.6) is 0 Å². The van der Waals surface area contributed by atoms with Crippen LogP contribution in [0.15, 0.2) is 41.3 Å². The predicted molar refractivity (Wildman–Crippen MR) is 83.3 cm³/mol. The second-order valence-corrected chi connectivity index (χ2v) is 6.00. The molecule has 1 aliphatic heterocycles. The Kier molecular flexibility index (Phi) is 4.29. The fraction of sp³-hybridized carbons (Fsp3) is 0.125. The maximum Gasteiger partial charge on any atom is 0.251 e. The second-order valence-electron chi connectivity index (χ2n) is 4.98. The first-order valence-electron chi connectivity index (χ1n) is 6.82. The van der Waals surface area contributed by atoms with E-state index in [0.29, 0.717) is 11.4 Å². The van der Waals surface area contributed by atoms with Crippen LogP contribution in [0.4, 0.5) is 14.5 Å². The zero-order chi connectivity index (χ0) is 16.4. The van der Waals surface area contributed by atoms with E-state index in [9.17, 15) is 18.4 Å². The maximum atomic E-state index is 13.1. The molecule has 2 aromatic rings. The molecular weight excluding hydrogens is 322 g/mol. The molecule has 1 aliphatic rings. The Balaban J connectivity index is 1.68.